The molecule has 19 heavy (non-hydrogen) atoms. The zero-order valence-corrected chi connectivity index (χ0v) is 12.5. The van der Waals surface area contributed by atoms with Crippen molar-refractivity contribution in [2.75, 3.05) is 0 Å². The fraction of sp³-hybridized carbons (Fsp3) is 0.0714. The van der Waals surface area contributed by atoms with Crippen LogP contribution in [0.1, 0.15) is 11.1 Å². The van der Waals surface area contributed by atoms with Crippen LogP contribution in [0.25, 0.3) is 0 Å². The van der Waals surface area contributed by atoms with E-state index >= 15 is 0 Å². The average Bonchev–Trinajstić information content (AvgIpc) is 2.38. The van der Waals surface area contributed by atoms with Crippen LogP contribution >= 0.6 is 23.2 Å². The molecule has 0 aliphatic rings. The van der Waals surface area contributed by atoms with E-state index in [-0.39, 0.29) is 0 Å². The summed E-state index contributed by atoms with van der Waals surface area (Å²) in [7, 11) is -1.43. The van der Waals surface area contributed by atoms with Gasteiger partial charge in [-0.1, -0.05) is 47.0 Å². The topological polar surface area (TPSA) is 29.4 Å². The zero-order valence-electron chi connectivity index (χ0n) is 10.1. The number of benzene rings is 2. The molecule has 0 saturated heterocycles. The number of rotatable bonds is 3. The first-order valence-electron chi connectivity index (χ1n) is 5.54. The van der Waals surface area contributed by atoms with E-state index in [1.165, 1.54) is 6.21 Å². The molecule has 0 bridgehead atoms. The summed E-state index contributed by atoms with van der Waals surface area (Å²) in [4.78, 5) is 0.659. The van der Waals surface area contributed by atoms with Gasteiger partial charge in [0.1, 0.15) is 0 Å². The summed E-state index contributed by atoms with van der Waals surface area (Å²) >= 11 is 11.8. The highest BCUT2D eigenvalue weighted by atomic mass is 35.5. The quantitative estimate of drug-likeness (QED) is 0.770. The van der Waals surface area contributed by atoms with Gasteiger partial charge in [0.05, 0.1) is 9.92 Å². The Morgan fingerprint density at radius 2 is 1.79 bits per heavy atom. The van der Waals surface area contributed by atoms with Gasteiger partial charge in [-0.3, -0.25) is 0 Å². The van der Waals surface area contributed by atoms with E-state index in [0.29, 0.717) is 20.5 Å². The third-order valence-electron chi connectivity index (χ3n) is 2.47. The van der Waals surface area contributed by atoms with Gasteiger partial charge in [0.15, 0.2) is 11.0 Å². The first kappa shape index (κ1) is 14.3. The molecule has 0 radical (unpaired) electrons. The molecule has 2 aromatic carbocycles. The highest BCUT2D eigenvalue weighted by Crippen LogP contribution is 2.19. The van der Waals surface area contributed by atoms with Crippen molar-refractivity contribution >= 4 is 40.4 Å². The molecule has 0 aliphatic carbocycles. The lowest BCUT2D eigenvalue weighted by Crippen LogP contribution is -1.90. The van der Waals surface area contributed by atoms with Crippen molar-refractivity contribution < 1.29 is 4.21 Å². The van der Waals surface area contributed by atoms with Gasteiger partial charge in [0.25, 0.3) is 0 Å². The SMILES string of the molecule is Cc1ccc(S(=O)/N=C/c2ccc(Cl)cc2Cl)cc1. The Labute approximate surface area is 124 Å². The third-order valence-corrected chi connectivity index (χ3v) is 4.01. The molecule has 1 atom stereocenters. The predicted molar refractivity (Wildman–Crippen MR) is 81.6 cm³/mol. The van der Waals surface area contributed by atoms with Gasteiger partial charge < -0.3 is 0 Å². The van der Waals surface area contributed by atoms with Crippen LogP contribution in [-0.4, -0.2) is 10.4 Å². The molecule has 2 nitrogen and oxygen atoms in total. The molecule has 0 fully saturated rings. The smallest absolute Gasteiger partial charge is 0.172 e. The van der Waals surface area contributed by atoms with Crippen molar-refractivity contribution in [1.82, 2.24) is 0 Å². The molecule has 5 heteroatoms. The second-order valence-electron chi connectivity index (χ2n) is 3.96. The Hall–Kier alpha value is -1.16. The third kappa shape index (κ3) is 3.90. The van der Waals surface area contributed by atoms with Gasteiger partial charge in [-0.05, 0) is 31.2 Å². The lowest BCUT2D eigenvalue weighted by Gasteiger charge is -1.99. The molecule has 0 spiro atoms. The summed E-state index contributed by atoms with van der Waals surface area (Å²) in [5.74, 6) is 0. The highest BCUT2D eigenvalue weighted by molar-refractivity contribution is 7.83. The number of halogens is 2. The molecule has 0 amide bonds. The van der Waals surface area contributed by atoms with Crippen molar-refractivity contribution in [3.63, 3.8) is 0 Å². The maximum Gasteiger partial charge on any atom is 0.172 e. The summed E-state index contributed by atoms with van der Waals surface area (Å²) in [6.07, 6.45) is 1.49. The summed E-state index contributed by atoms with van der Waals surface area (Å²) in [6.45, 7) is 1.98. The molecule has 0 heterocycles. The van der Waals surface area contributed by atoms with Crippen molar-refractivity contribution in [3.05, 3.63) is 63.6 Å². The van der Waals surface area contributed by atoms with Crippen LogP contribution < -0.4 is 0 Å². The number of nitrogens with zero attached hydrogens (tertiary/aromatic N) is 1. The maximum atomic E-state index is 12.0. The second kappa shape index (κ2) is 6.33. The largest absolute Gasteiger partial charge is 0.229 e. The maximum absolute atomic E-state index is 12.0. The Kier molecular flexibility index (Phi) is 4.75. The lowest BCUT2D eigenvalue weighted by atomic mass is 10.2. The van der Waals surface area contributed by atoms with Gasteiger partial charge in [-0.15, -0.1) is 0 Å². The van der Waals surface area contributed by atoms with Crippen LogP contribution in [-0.2, 0) is 11.0 Å². The number of aryl methyl sites for hydroxylation is 1. The Bertz CT molecular complexity index is 638. The van der Waals surface area contributed by atoms with Gasteiger partial charge in [-0.2, -0.15) is 4.40 Å². The molecular formula is C14H11Cl2NOS. The normalized spacial score (nSPS) is 12.8. The van der Waals surface area contributed by atoms with E-state index < -0.39 is 11.0 Å². The summed E-state index contributed by atoms with van der Waals surface area (Å²) in [6, 6.07) is 12.5. The molecule has 0 N–H and O–H groups in total. The molecule has 98 valence electrons. The van der Waals surface area contributed by atoms with E-state index in [2.05, 4.69) is 4.40 Å². The van der Waals surface area contributed by atoms with Crippen molar-refractivity contribution in [3.8, 4) is 0 Å². The highest BCUT2D eigenvalue weighted by Gasteiger charge is 2.02. The summed E-state index contributed by atoms with van der Waals surface area (Å²) in [5.41, 5.74) is 1.80. The molecule has 2 rings (SSSR count). The molecule has 1 unspecified atom stereocenters. The standard InChI is InChI=1S/C14H11Cl2NOS/c1-10-2-6-13(7-3-10)19(18)17-9-11-4-5-12(15)8-14(11)16/h2-9H,1H3/b17-9+. The van der Waals surface area contributed by atoms with Crippen LogP contribution in [0, 0.1) is 6.92 Å². The van der Waals surface area contributed by atoms with Gasteiger partial charge in [-0.25, -0.2) is 4.21 Å². The first-order chi connectivity index (χ1) is 9.06. The van der Waals surface area contributed by atoms with Crippen LogP contribution in [0.5, 0.6) is 0 Å². The van der Waals surface area contributed by atoms with Crippen molar-refractivity contribution in [2.45, 2.75) is 11.8 Å². The minimum atomic E-state index is -1.43. The summed E-state index contributed by atoms with van der Waals surface area (Å²) in [5, 5.41) is 1.04. The molecule has 0 aromatic heterocycles. The van der Waals surface area contributed by atoms with Crippen molar-refractivity contribution in [1.29, 1.82) is 0 Å². The predicted octanol–water partition coefficient (Wildman–Crippen LogP) is 4.44. The Balaban J connectivity index is 2.18. The average molecular weight is 312 g/mol. The zero-order chi connectivity index (χ0) is 13.8. The van der Waals surface area contributed by atoms with Gasteiger partial charge >= 0.3 is 0 Å². The second-order valence-corrected chi connectivity index (χ2v) is 5.99. The van der Waals surface area contributed by atoms with E-state index in [0.717, 1.165) is 5.56 Å². The molecule has 0 aliphatic heterocycles. The molecular weight excluding hydrogens is 301 g/mol. The van der Waals surface area contributed by atoms with Crippen LogP contribution in [0.15, 0.2) is 51.8 Å². The van der Waals surface area contributed by atoms with Gasteiger partial charge in [0, 0.05) is 16.8 Å². The van der Waals surface area contributed by atoms with Crippen molar-refractivity contribution in [2.24, 2.45) is 4.40 Å². The van der Waals surface area contributed by atoms with Crippen LogP contribution in [0.2, 0.25) is 10.0 Å². The Morgan fingerprint density at radius 1 is 1.11 bits per heavy atom. The van der Waals surface area contributed by atoms with Crippen LogP contribution in [0.4, 0.5) is 0 Å². The summed E-state index contributed by atoms with van der Waals surface area (Å²) < 4.78 is 16.0. The van der Waals surface area contributed by atoms with E-state index in [1.807, 2.05) is 19.1 Å². The monoisotopic (exact) mass is 311 g/mol. The van der Waals surface area contributed by atoms with E-state index in [1.54, 1.807) is 30.3 Å². The fourth-order valence-electron chi connectivity index (χ4n) is 1.43. The first-order valence-corrected chi connectivity index (χ1v) is 7.40. The van der Waals surface area contributed by atoms with Gasteiger partial charge in [0.2, 0.25) is 0 Å². The van der Waals surface area contributed by atoms with Crippen LogP contribution in [0.3, 0.4) is 0 Å². The number of hydrogen-bond acceptors (Lipinski definition) is 1. The van der Waals surface area contributed by atoms with E-state index in [9.17, 15) is 4.21 Å². The van der Waals surface area contributed by atoms with E-state index in [4.69, 9.17) is 23.2 Å². The number of hydrogen-bond donors (Lipinski definition) is 0. The fourth-order valence-corrected chi connectivity index (χ4v) is 2.58. The minimum absolute atomic E-state index is 0.483. The minimum Gasteiger partial charge on any atom is -0.229 e. The molecule has 2 aromatic rings. The lowest BCUT2D eigenvalue weighted by molar-refractivity contribution is 0.684. The Morgan fingerprint density at radius 3 is 2.42 bits per heavy atom. The molecule has 0 saturated carbocycles.